The summed E-state index contributed by atoms with van der Waals surface area (Å²) >= 11 is 0. The lowest BCUT2D eigenvalue weighted by Gasteiger charge is -2.44. The molecule has 1 aromatic heterocycles. The molecule has 1 saturated heterocycles. The number of fused-ring (bicyclic) bond motifs is 4. The van der Waals surface area contributed by atoms with Crippen LogP contribution >= 0.6 is 0 Å². The molecule has 0 saturated carbocycles. The third kappa shape index (κ3) is 3.62. The minimum Gasteiger partial charge on any atom is -0.497 e. The predicted molar refractivity (Wildman–Crippen MR) is 125 cm³/mol. The molecule has 3 heterocycles. The van der Waals surface area contributed by atoms with Gasteiger partial charge in [-0.1, -0.05) is 24.3 Å². The highest BCUT2D eigenvalue weighted by molar-refractivity contribution is 5.87. The van der Waals surface area contributed by atoms with Gasteiger partial charge in [0.15, 0.2) is 0 Å². The van der Waals surface area contributed by atoms with Gasteiger partial charge in [0.1, 0.15) is 18.1 Å². The molecule has 1 N–H and O–H groups in total. The normalized spacial score (nSPS) is 21.5. The summed E-state index contributed by atoms with van der Waals surface area (Å²) in [4.78, 5) is 8.96. The number of nitrogens with one attached hydrogen (secondary N) is 1. The Balaban J connectivity index is 1.40. The molecule has 1 fully saturated rings. The topological polar surface area (TPSA) is 40.7 Å². The monoisotopic (exact) mass is 417 g/mol. The molecule has 31 heavy (non-hydrogen) atoms. The molecule has 1 unspecified atom stereocenters. The van der Waals surface area contributed by atoms with Gasteiger partial charge in [0.05, 0.1) is 12.6 Å². The van der Waals surface area contributed by atoms with E-state index in [9.17, 15) is 0 Å². The van der Waals surface area contributed by atoms with Gasteiger partial charge in [-0.2, -0.15) is 0 Å². The predicted octanol–water partition coefficient (Wildman–Crippen LogP) is 4.20. The van der Waals surface area contributed by atoms with Crippen LogP contribution in [0.15, 0.2) is 61.2 Å². The van der Waals surface area contributed by atoms with Gasteiger partial charge in [0.25, 0.3) is 0 Å². The maximum atomic E-state index is 5.97. The molecule has 0 amide bonds. The van der Waals surface area contributed by atoms with Gasteiger partial charge in [0, 0.05) is 49.3 Å². The number of hydrogen-bond acceptors (Lipinski definition) is 4. The first kappa shape index (κ1) is 20.2. The number of H-pyrrole nitrogens is 1. The Morgan fingerprint density at radius 2 is 2.00 bits per heavy atom. The van der Waals surface area contributed by atoms with Crippen molar-refractivity contribution in [2.24, 2.45) is 0 Å². The fourth-order valence-corrected chi connectivity index (χ4v) is 5.38. The Labute approximate surface area is 184 Å². The van der Waals surface area contributed by atoms with E-state index >= 15 is 0 Å². The van der Waals surface area contributed by atoms with Crippen molar-refractivity contribution in [1.82, 2.24) is 14.8 Å². The molecular weight excluding hydrogens is 386 g/mol. The van der Waals surface area contributed by atoms with Crippen molar-refractivity contribution in [3.63, 3.8) is 0 Å². The van der Waals surface area contributed by atoms with E-state index in [2.05, 4.69) is 33.5 Å². The Morgan fingerprint density at radius 1 is 1.13 bits per heavy atom. The number of nitrogens with zero attached hydrogens (tertiary/aromatic N) is 2. The third-order valence-corrected chi connectivity index (χ3v) is 6.91. The first-order valence-corrected chi connectivity index (χ1v) is 11.2. The molecular formula is C26H31N3O2. The number of rotatable bonds is 7. The summed E-state index contributed by atoms with van der Waals surface area (Å²) in [5.74, 6) is 1.86. The zero-order chi connectivity index (χ0) is 21.3. The van der Waals surface area contributed by atoms with Crippen molar-refractivity contribution in [2.45, 2.75) is 18.4 Å². The second-order valence-corrected chi connectivity index (χ2v) is 8.59. The SMILES string of the molecule is C=CCN1CCc2c([nH]c3ccc(OC)cc23)C12CCN(CCOc1ccccc1)C2. The van der Waals surface area contributed by atoms with Crippen molar-refractivity contribution in [2.75, 3.05) is 46.4 Å². The molecule has 5 heteroatoms. The van der Waals surface area contributed by atoms with E-state index < -0.39 is 0 Å². The van der Waals surface area contributed by atoms with Gasteiger partial charge in [0.2, 0.25) is 0 Å². The number of likely N-dealkylation sites (tertiary alicyclic amines) is 1. The molecule has 1 spiro atoms. The minimum absolute atomic E-state index is 0.000769. The number of aromatic nitrogens is 1. The summed E-state index contributed by atoms with van der Waals surface area (Å²) in [6.07, 6.45) is 4.21. The van der Waals surface area contributed by atoms with E-state index in [1.165, 1.54) is 22.2 Å². The molecule has 0 radical (unpaired) electrons. The lowest BCUT2D eigenvalue weighted by molar-refractivity contribution is 0.0866. The summed E-state index contributed by atoms with van der Waals surface area (Å²) < 4.78 is 11.5. The molecule has 0 aliphatic carbocycles. The lowest BCUT2D eigenvalue weighted by atomic mass is 9.84. The van der Waals surface area contributed by atoms with Crippen LogP contribution in [0.4, 0.5) is 0 Å². The van der Waals surface area contributed by atoms with Crippen LogP contribution < -0.4 is 9.47 Å². The highest BCUT2D eigenvalue weighted by Gasteiger charge is 2.48. The van der Waals surface area contributed by atoms with Crippen LogP contribution in [-0.4, -0.2) is 61.2 Å². The Kier molecular flexibility index (Phi) is 5.47. The number of ether oxygens (including phenoxy) is 2. The number of hydrogen-bond donors (Lipinski definition) is 1. The highest BCUT2D eigenvalue weighted by atomic mass is 16.5. The molecule has 3 aromatic rings. The maximum absolute atomic E-state index is 5.97. The van der Waals surface area contributed by atoms with Crippen molar-refractivity contribution >= 4 is 10.9 Å². The number of para-hydroxylation sites is 1. The van der Waals surface area contributed by atoms with Crippen LogP contribution in [0.25, 0.3) is 10.9 Å². The number of methoxy groups -OCH3 is 1. The summed E-state index contributed by atoms with van der Waals surface area (Å²) in [5.41, 5.74) is 4.05. The molecule has 0 bridgehead atoms. The quantitative estimate of drug-likeness (QED) is 0.585. The lowest BCUT2D eigenvalue weighted by Crippen LogP contribution is -2.52. The van der Waals surface area contributed by atoms with E-state index in [-0.39, 0.29) is 5.54 Å². The van der Waals surface area contributed by atoms with Crippen molar-refractivity contribution in [3.8, 4) is 11.5 Å². The maximum Gasteiger partial charge on any atom is 0.119 e. The summed E-state index contributed by atoms with van der Waals surface area (Å²) in [7, 11) is 1.74. The van der Waals surface area contributed by atoms with Gasteiger partial charge >= 0.3 is 0 Å². The number of aromatic amines is 1. The second kappa shape index (κ2) is 8.40. The largest absolute Gasteiger partial charge is 0.497 e. The third-order valence-electron chi connectivity index (χ3n) is 6.91. The summed E-state index contributed by atoms with van der Waals surface area (Å²) in [6, 6.07) is 16.5. The first-order chi connectivity index (χ1) is 15.2. The molecule has 5 rings (SSSR count). The molecule has 2 aliphatic heterocycles. The zero-order valence-corrected chi connectivity index (χ0v) is 18.3. The number of benzene rings is 2. The van der Waals surface area contributed by atoms with Gasteiger partial charge in [-0.15, -0.1) is 6.58 Å². The minimum atomic E-state index is 0.000769. The Bertz CT molecular complexity index is 1060. The van der Waals surface area contributed by atoms with Gasteiger partial charge in [-0.3, -0.25) is 9.80 Å². The van der Waals surface area contributed by atoms with Gasteiger partial charge in [-0.25, -0.2) is 0 Å². The fraction of sp³-hybridized carbons (Fsp3) is 0.385. The van der Waals surface area contributed by atoms with Crippen LogP contribution in [0.5, 0.6) is 11.5 Å². The van der Waals surface area contributed by atoms with E-state index in [1.807, 2.05) is 42.5 Å². The standard InChI is InChI=1S/C26H31N3O2/c1-3-13-29-14-11-22-23-18-21(30-2)9-10-24(23)27-25(22)26(29)12-15-28(19-26)16-17-31-20-7-5-4-6-8-20/h3-10,18,27H,1,11-17,19H2,2H3. The van der Waals surface area contributed by atoms with Crippen molar-refractivity contribution < 1.29 is 9.47 Å². The Hall–Kier alpha value is -2.76. The van der Waals surface area contributed by atoms with Crippen LogP contribution in [0.3, 0.4) is 0 Å². The van der Waals surface area contributed by atoms with Crippen molar-refractivity contribution in [1.29, 1.82) is 0 Å². The first-order valence-electron chi connectivity index (χ1n) is 11.2. The highest BCUT2D eigenvalue weighted by Crippen LogP contribution is 2.45. The van der Waals surface area contributed by atoms with Crippen LogP contribution in [0, 0.1) is 0 Å². The second-order valence-electron chi connectivity index (χ2n) is 8.59. The summed E-state index contributed by atoms with van der Waals surface area (Å²) in [6.45, 7) is 9.72. The van der Waals surface area contributed by atoms with Crippen LogP contribution in [-0.2, 0) is 12.0 Å². The van der Waals surface area contributed by atoms with Crippen molar-refractivity contribution in [3.05, 3.63) is 72.4 Å². The average Bonchev–Trinajstić information content (AvgIpc) is 3.39. The zero-order valence-electron chi connectivity index (χ0n) is 18.3. The fourth-order valence-electron chi connectivity index (χ4n) is 5.38. The molecule has 162 valence electrons. The van der Waals surface area contributed by atoms with Crippen LogP contribution in [0.1, 0.15) is 17.7 Å². The van der Waals surface area contributed by atoms with Crippen LogP contribution in [0.2, 0.25) is 0 Å². The summed E-state index contributed by atoms with van der Waals surface area (Å²) in [5, 5.41) is 1.30. The average molecular weight is 418 g/mol. The molecule has 2 aliphatic rings. The smallest absolute Gasteiger partial charge is 0.119 e. The molecule has 2 aromatic carbocycles. The molecule has 1 atom stereocenters. The molecule has 5 nitrogen and oxygen atoms in total. The van der Waals surface area contributed by atoms with E-state index in [4.69, 9.17) is 9.47 Å². The van der Waals surface area contributed by atoms with E-state index in [0.29, 0.717) is 6.61 Å². The van der Waals surface area contributed by atoms with Gasteiger partial charge < -0.3 is 14.5 Å². The Morgan fingerprint density at radius 3 is 2.81 bits per heavy atom. The van der Waals surface area contributed by atoms with E-state index in [1.54, 1.807) is 7.11 Å². The van der Waals surface area contributed by atoms with E-state index in [0.717, 1.165) is 57.1 Å². The van der Waals surface area contributed by atoms with Gasteiger partial charge in [-0.05, 0) is 48.7 Å².